The topological polar surface area (TPSA) is 24.9 Å². The van der Waals surface area contributed by atoms with Gasteiger partial charge in [0, 0.05) is 22.7 Å². The van der Waals surface area contributed by atoms with Gasteiger partial charge in [-0.2, -0.15) is 11.8 Å². The molecule has 4 heteroatoms. The summed E-state index contributed by atoms with van der Waals surface area (Å²) in [5.41, 5.74) is 3.08. The Bertz CT molecular complexity index is 288. The molecule has 1 N–H and O–H groups in total. The molecule has 1 heterocycles. The van der Waals surface area contributed by atoms with Crippen LogP contribution in [0.5, 0.6) is 0 Å². The first-order valence-corrected chi connectivity index (χ1v) is 7.59. The Balaban J connectivity index is 1.82. The van der Waals surface area contributed by atoms with Crippen LogP contribution in [0.1, 0.15) is 37.9 Å². The maximum absolute atomic E-state index is 4.34. The molecule has 1 atom stereocenters. The minimum absolute atomic E-state index is 0.390. The zero-order valence-electron chi connectivity index (χ0n) is 9.32. The molecule has 1 unspecified atom stereocenters. The summed E-state index contributed by atoms with van der Waals surface area (Å²) < 4.78 is 0.518. The Morgan fingerprint density at radius 1 is 1.67 bits per heavy atom. The van der Waals surface area contributed by atoms with E-state index in [1.165, 1.54) is 25.0 Å². The molecule has 84 valence electrons. The lowest BCUT2D eigenvalue weighted by Crippen LogP contribution is -2.44. The number of nitrogens with zero attached hydrogens (tertiary/aromatic N) is 1. The van der Waals surface area contributed by atoms with Gasteiger partial charge in [0.1, 0.15) is 0 Å². The second kappa shape index (κ2) is 4.85. The molecule has 0 amide bonds. The molecule has 0 saturated heterocycles. The van der Waals surface area contributed by atoms with Gasteiger partial charge in [0.2, 0.25) is 0 Å². The summed E-state index contributed by atoms with van der Waals surface area (Å²) >= 11 is 3.69. The van der Waals surface area contributed by atoms with Crippen molar-refractivity contribution in [1.82, 2.24) is 10.3 Å². The third-order valence-electron chi connectivity index (χ3n) is 3.32. The number of thiazole rings is 1. The van der Waals surface area contributed by atoms with E-state index in [0.717, 1.165) is 6.54 Å². The number of aromatic nitrogens is 1. The van der Waals surface area contributed by atoms with Crippen LogP contribution >= 0.6 is 23.1 Å². The van der Waals surface area contributed by atoms with Gasteiger partial charge in [0.25, 0.3) is 0 Å². The Labute approximate surface area is 99.9 Å². The largest absolute Gasteiger partial charge is 0.307 e. The van der Waals surface area contributed by atoms with E-state index < -0.39 is 0 Å². The summed E-state index contributed by atoms with van der Waals surface area (Å²) in [6, 6.07) is 0.390. The zero-order valence-corrected chi connectivity index (χ0v) is 11.0. The van der Waals surface area contributed by atoms with E-state index >= 15 is 0 Å². The molecule has 0 aromatic carbocycles. The number of thioether (sulfide) groups is 1. The second-order valence-corrected chi connectivity index (χ2v) is 6.25. The molecule has 1 aliphatic rings. The number of hydrogen-bond donors (Lipinski definition) is 1. The smallest absolute Gasteiger partial charge is 0.0795 e. The molecule has 15 heavy (non-hydrogen) atoms. The van der Waals surface area contributed by atoms with Crippen molar-refractivity contribution >= 4 is 23.1 Å². The summed E-state index contributed by atoms with van der Waals surface area (Å²) in [6.07, 6.45) is 6.36. The van der Waals surface area contributed by atoms with Gasteiger partial charge in [-0.05, 0) is 26.0 Å². The van der Waals surface area contributed by atoms with Gasteiger partial charge in [-0.25, -0.2) is 4.98 Å². The third kappa shape index (κ3) is 2.55. The first-order chi connectivity index (χ1) is 7.26. The predicted octanol–water partition coefficient (Wildman–Crippen LogP) is 3.08. The van der Waals surface area contributed by atoms with E-state index in [2.05, 4.69) is 28.9 Å². The van der Waals surface area contributed by atoms with Gasteiger partial charge < -0.3 is 5.32 Å². The second-order valence-electron chi connectivity index (χ2n) is 4.26. The molecule has 0 aliphatic heterocycles. The lowest BCUT2D eigenvalue weighted by Gasteiger charge is -2.41. The lowest BCUT2D eigenvalue weighted by atomic mass is 9.84. The maximum atomic E-state index is 4.34. The van der Waals surface area contributed by atoms with Crippen molar-refractivity contribution in [2.75, 3.05) is 12.8 Å². The Hall–Kier alpha value is -0.0600. The predicted molar refractivity (Wildman–Crippen MR) is 68.6 cm³/mol. The van der Waals surface area contributed by atoms with Crippen LogP contribution in [0.4, 0.5) is 0 Å². The fourth-order valence-corrected chi connectivity index (χ4v) is 3.48. The Kier molecular flexibility index (Phi) is 3.69. The van der Waals surface area contributed by atoms with Crippen LogP contribution < -0.4 is 5.32 Å². The Morgan fingerprint density at radius 3 is 2.93 bits per heavy atom. The maximum Gasteiger partial charge on any atom is 0.0795 e. The van der Waals surface area contributed by atoms with Gasteiger partial charge in [0.15, 0.2) is 0 Å². The third-order valence-corrected chi connectivity index (χ3v) is 5.35. The Morgan fingerprint density at radius 2 is 2.47 bits per heavy atom. The average molecular weight is 242 g/mol. The monoisotopic (exact) mass is 242 g/mol. The van der Waals surface area contributed by atoms with Crippen LogP contribution in [0.15, 0.2) is 10.9 Å². The van der Waals surface area contributed by atoms with Crippen molar-refractivity contribution in [3.8, 4) is 0 Å². The number of rotatable bonds is 5. The summed E-state index contributed by atoms with van der Waals surface area (Å²) in [4.78, 5) is 4.34. The summed E-state index contributed by atoms with van der Waals surface area (Å²) in [5.74, 6) is 0. The van der Waals surface area contributed by atoms with E-state index in [9.17, 15) is 0 Å². The highest BCUT2D eigenvalue weighted by Gasteiger charge is 2.36. The number of hydrogen-bond acceptors (Lipinski definition) is 4. The van der Waals surface area contributed by atoms with Crippen molar-refractivity contribution in [2.45, 2.75) is 37.0 Å². The van der Waals surface area contributed by atoms with Crippen molar-refractivity contribution < 1.29 is 0 Å². The highest BCUT2D eigenvalue weighted by atomic mass is 32.2. The van der Waals surface area contributed by atoms with Crippen molar-refractivity contribution in [1.29, 1.82) is 0 Å². The van der Waals surface area contributed by atoms with Crippen LogP contribution in [-0.4, -0.2) is 22.5 Å². The van der Waals surface area contributed by atoms with E-state index in [4.69, 9.17) is 0 Å². The summed E-state index contributed by atoms with van der Waals surface area (Å²) in [6.45, 7) is 3.31. The van der Waals surface area contributed by atoms with Crippen LogP contribution in [0, 0.1) is 0 Å². The van der Waals surface area contributed by atoms with Crippen molar-refractivity contribution in [3.63, 3.8) is 0 Å². The van der Waals surface area contributed by atoms with E-state index in [1.807, 2.05) is 17.3 Å². The van der Waals surface area contributed by atoms with E-state index in [0.29, 0.717) is 10.8 Å². The molecule has 1 fully saturated rings. The quantitative estimate of drug-likeness (QED) is 0.859. The fourth-order valence-electron chi connectivity index (χ4n) is 1.90. The highest BCUT2D eigenvalue weighted by molar-refractivity contribution is 8.00. The average Bonchev–Trinajstić information content (AvgIpc) is 2.69. The first kappa shape index (κ1) is 11.4. The normalized spacial score (nSPS) is 20.9. The minimum Gasteiger partial charge on any atom is -0.307 e. The number of nitrogens with one attached hydrogen (secondary N) is 1. The minimum atomic E-state index is 0.390. The standard InChI is InChI=1S/C11H18N2S2/c1-9(10-6-15-8-13-10)12-7-11(14-2)4-3-5-11/h6,8-9,12H,3-5,7H2,1-2H3. The fraction of sp³-hybridized carbons (Fsp3) is 0.727. The molecule has 0 bridgehead atoms. The summed E-state index contributed by atoms with van der Waals surface area (Å²) in [7, 11) is 0. The zero-order chi connectivity index (χ0) is 10.7. The molecule has 1 aliphatic carbocycles. The van der Waals surface area contributed by atoms with E-state index in [-0.39, 0.29) is 0 Å². The molecular formula is C11H18N2S2. The van der Waals surface area contributed by atoms with Crippen LogP contribution in [0.3, 0.4) is 0 Å². The van der Waals surface area contributed by atoms with Crippen molar-refractivity contribution in [3.05, 3.63) is 16.6 Å². The summed E-state index contributed by atoms with van der Waals surface area (Å²) in [5, 5.41) is 5.73. The molecular weight excluding hydrogens is 224 g/mol. The van der Waals surface area contributed by atoms with Gasteiger partial charge in [0.05, 0.1) is 11.2 Å². The SMILES string of the molecule is CSC1(CNC(C)c2cscn2)CCC1. The molecule has 2 nitrogen and oxygen atoms in total. The first-order valence-electron chi connectivity index (χ1n) is 5.42. The van der Waals surface area contributed by atoms with Crippen molar-refractivity contribution in [2.24, 2.45) is 0 Å². The molecule has 1 saturated carbocycles. The van der Waals surface area contributed by atoms with Crippen LogP contribution in [0.2, 0.25) is 0 Å². The highest BCUT2D eigenvalue weighted by Crippen LogP contribution is 2.42. The molecule has 1 aromatic heterocycles. The van der Waals surface area contributed by atoms with Gasteiger partial charge in [-0.3, -0.25) is 0 Å². The van der Waals surface area contributed by atoms with Crippen LogP contribution in [-0.2, 0) is 0 Å². The molecule has 0 spiro atoms. The lowest BCUT2D eigenvalue weighted by molar-refractivity contribution is 0.333. The van der Waals surface area contributed by atoms with Gasteiger partial charge in [-0.1, -0.05) is 6.42 Å². The molecule has 0 radical (unpaired) electrons. The van der Waals surface area contributed by atoms with Gasteiger partial charge >= 0.3 is 0 Å². The molecule has 1 aromatic rings. The van der Waals surface area contributed by atoms with Gasteiger partial charge in [-0.15, -0.1) is 11.3 Å². The van der Waals surface area contributed by atoms with E-state index in [1.54, 1.807) is 11.3 Å². The molecule has 2 rings (SSSR count). The van der Waals surface area contributed by atoms with Crippen LogP contribution in [0.25, 0.3) is 0 Å².